The highest BCUT2D eigenvalue weighted by molar-refractivity contribution is 7.89. The van der Waals surface area contributed by atoms with Gasteiger partial charge in [-0.15, -0.1) is 0 Å². The number of benzene rings is 1. The van der Waals surface area contributed by atoms with E-state index in [1.54, 1.807) is 17.4 Å². The summed E-state index contributed by atoms with van der Waals surface area (Å²) < 4.78 is 27.5. The van der Waals surface area contributed by atoms with Gasteiger partial charge in [-0.3, -0.25) is 0 Å². The summed E-state index contributed by atoms with van der Waals surface area (Å²) in [7, 11) is -1.76. The maximum atomic E-state index is 13.0. The molecule has 0 amide bonds. The van der Waals surface area contributed by atoms with Crippen molar-refractivity contribution in [2.75, 3.05) is 12.8 Å². The molecule has 1 fully saturated rings. The number of hydrogen-bond acceptors (Lipinski definition) is 3. The van der Waals surface area contributed by atoms with Gasteiger partial charge in [-0.1, -0.05) is 26.7 Å². The molecule has 118 valence electrons. The van der Waals surface area contributed by atoms with E-state index in [1.165, 1.54) is 0 Å². The smallest absolute Gasteiger partial charge is 0.243 e. The van der Waals surface area contributed by atoms with Crippen LogP contribution in [0.2, 0.25) is 0 Å². The monoisotopic (exact) mass is 310 g/mol. The highest BCUT2D eigenvalue weighted by atomic mass is 32.2. The molecule has 5 heteroatoms. The summed E-state index contributed by atoms with van der Waals surface area (Å²) in [6.45, 7) is 3.96. The third-order valence-corrected chi connectivity index (χ3v) is 6.54. The number of nitrogens with two attached hydrogens (primary N) is 1. The van der Waals surface area contributed by atoms with Gasteiger partial charge in [0.1, 0.15) is 0 Å². The Labute approximate surface area is 128 Å². The summed E-state index contributed by atoms with van der Waals surface area (Å²) in [5.74, 6) is 0. The molecule has 2 N–H and O–H groups in total. The Morgan fingerprint density at radius 3 is 2.33 bits per heavy atom. The number of rotatable bonds is 5. The number of hydrogen-bond donors (Lipinski definition) is 1. The van der Waals surface area contributed by atoms with E-state index in [4.69, 9.17) is 5.73 Å². The van der Waals surface area contributed by atoms with Crippen molar-refractivity contribution in [3.63, 3.8) is 0 Å². The number of nitrogen functional groups attached to an aromatic ring is 1. The van der Waals surface area contributed by atoms with Gasteiger partial charge in [-0.2, -0.15) is 4.31 Å². The summed E-state index contributed by atoms with van der Waals surface area (Å²) in [4.78, 5) is 0.399. The van der Waals surface area contributed by atoms with Gasteiger partial charge in [0, 0.05) is 18.8 Å². The molecule has 0 aliphatic heterocycles. The Bertz CT molecular complexity index is 605. The van der Waals surface area contributed by atoms with Gasteiger partial charge in [0.05, 0.1) is 4.90 Å². The summed E-state index contributed by atoms with van der Waals surface area (Å²) in [6.07, 6.45) is 5.55. The first-order valence-electron chi connectivity index (χ1n) is 7.81. The second-order valence-electron chi connectivity index (χ2n) is 5.83. The van der Waals surface area contributed by atoms with Gasteiger partial charge < -0.3 is 5.73 Å². The fourth-order valence-electron chi connectivity index (χ4n) is 3.16. The molecule has 0 radical (unpaired) electrons. The molecular weight excluding hydrogens is 284 g/mol. The summed E-state index contributed by atoms with van der Waals surface area (Å²) in [6, 6.07) is 3.83. The first-order valence-corrected chi connectivity index (χ1v) is 9.25. The number of nitrogens with zero attached hydrogens (tertiary/aromatic N) is 1. The molecule has 21 heavy (non-hydrogen) atoms. The Morgan fingerprint density at radius 2 is 1.81 bits per heavy atom. The molecule has 1 aliphatic rings. The van der Waals surface area contributed by atoms with Crippen LogP contribution < -0.4 is 5.73 Å². The van der Waals surface area contributed by atoms with Crippen molar-refractivity contribution in [3.8, 4) is 0 Å². The van der Waals surface area contributed by atoms with Crippen molar-refractivity contribution in [2.45, 2.75) is 63.3 Å². The van der Waals surface area contributed by atoms with Crippen LogP contribution >= 0.6 is 0 Å². The molecule has 0 spiro atoms. The molecule has 1 aromatic rings. The predicted molar refractivity (Wildman–Crippen MR) is 86.8 cm³/mol. The first kappa shape index (κ1) is 16.3. The molecule has 0 bridgehead atoms. The molecule has 1 aliphatic carbocycles. The zero-order valence-corrected chi connectivity index (χ0v) is 14.0. The van der Waals surface area contributed by atoms with E-state index in [9.17, 15) is 8.42 Å². The van der Waals surface area contributed by atoms with E-state index in [1.807, 2.05) is 19.9 Å². The van der Waals surface area contributed by atoms with Crippen LogP contribution in [0.4, 0.5) is 5.69 Å². The lowest BCUT2D eigenvalue weighted by molar-refractivity contribution is 0.372. The Hall–Kier alpha value is -1.07. The Kier molecular flexibility index (Phi) is 4.94. The first-order chi connectivity index (χ1) is 9.91. The molecule has 0 unspecified atom stereocenters. The maximum Gasteiger partial charge on any atom is 0.243 e. The highest BCUT2D eigenvalue weighted by Crippen LogP contribution is 2.31. The third kappa shape index (κ3) is 3.09. The molecule has 0 saturated heterocycles. The lowest BCUT2D eigenvalue weighted by atomic mass is 10.1. The van der Waals surface area contributed by atoms with E-state index in [0.29, 0.717) is 17.0 Å². The topological polar surface area (TPSA) is 63.4 Å². The SMILES string of the molecule is CCc1cc(N)c(CC)c(S(=O)(=O)N(C)C2CCCC2)c1. The standard InChI is InChI=1S/C16H26N2O2S/c1-4-12-10-15(17)14(5-2)16(11-12)21(19,20)18(3)13-8-6-7-9-13/h10-11,13H,4-9,17H2,1-3H3. The van der Waals surface area contributed by atoms with Crippen molar-refractivity contribution < 1.29 is 8.42 Å². The minimum Gasteiger partial charge on any atom is -0.398 e. The molecule has 4 nitrogen and oxygen atoms in total. The van der Waals surface area contributed by atoms with E-state index in [0.717, 1.165) is 43.2 Å². The van der Waals surface area contributed by atoms with Crippen LogP contribution in [0.15, 0.2) is 17.0 Å². The fourth-order valence-corrected chi connectivity index (χ4v) is 4.95. The van der Waals surface area contributed by atoms with Crippen LogP contribution in [0.3, 0.4) is 0 Å². The number of aryl methyl sites for hydroxylation is 1. The van der Waals surface area contributed by atoms with Crippen molar-refractivity contribution in [2.24, 2.45) is 0 Å². The second-order valence-corrected chi connectivity index (χ2v) is 7.79. The number of sulfonamides is 1. The highest BCUT2D eigenvalue weighted by Gasteiger charge is 2.32. The summed E-state index contributed by atoms with van der Waals surface area (Å²) in [5, 5.41) is 0. The maximum absolute atomic E-state index is 13.0. The van der Waals surface area contributed by atoms with E-state index < -0.39 is 10.0 Å². The van der Waals surface area contributed by atoms with Crippen LogP contribution in [-0.4, -0.2) is 25.8 Å². The minimum atomic E-state index is -3.47. The summed E-state index contributed by atoms with van der Waals surface area (Å²) in [5.41, 5.74) is 8.39. The predicted octanol–water partition coefficient (Wildman–Crippen LogP) is 2.96. The molecule has 1 aromatic carbocycles. The zero-order chi connectivity index (χ0) is 15.6. The molecule has 1 saturated carbocycles. The van der Waals surface area contributed by atoms with Crippen LogP contribution in [0.25, 0.3) is 0 Å². The van der Waals surface area contributed by atoms with Crippen LogP contribution in [0.1, 0.15) is 50.7 Å². The van der Waals surface area contributed by atoms with E-state index >= 15 is 0 Å². The second kappa shape index (κ2) is 6.36. The lowest BCUT2D eigenvalue weighted by Gasteiger charge is -2.25. The lowest BCUT2D eigenvalue weighted by Crippen LogP contribution is -2.35. The zero-order valence-electron chi connectivity index (χ0n) is 13.2. The molecule has 0 heterocycles. The van der Waals surface area contributed by atoms with E-state index in [-0.39, 0.29) is 6.04 Å². The quantitative estimate of drug-likeness (QED) is 0.850. The molecule has 2 rings (SSSR count). The van der Waals surface area contributed by atoms with Gasteiger partial charge in [-0.25, -0.2) is 8.42 Å². The van der Waals surface area contributed by atoms with Gasteiger partial charge >= 0.3 is 0 Å². The minimum absolute atomic E-state index is 0.131. The van der Waals surface area contributed by atoms with Crippen molar-refractivity contribution in [1.82, 2.24) is 4.31 Å². The molecular formula is C16H26N2O2S. The van der Waals surface area contributed by atoms with Gasteiger partial charge in [-0.05, 0) is 48.9 Å². The van der Waals surface area contributed by atoms with Crippen LogP contribution in [-0.2, 0) is 22.9 Å². The normalized spacial score (nSPS) is 16.8. The van der Waals surface area contributed by atoms with Crippen molar-refractivity contribution in [1.29, 1.82) is 0 Å². The van der Waals surface area contributed by atoms with E-state index in [2.05, 4.69) is 0 Å². The van der Waals surface area contributed by atoms with Gasteiger partial charge in [0.2, 0.25) is 10.0 Å². The van der Waals surface area contributed by atoms with Crippen LogP contribution in [0.5, 0.6) is 0 Å². The van der Waals surface area contributed by atoms with Crippen molar-refractivity contribution >= 4 is 15.7 Å². The average molecular weight is 310 g/mol. The van der Waals surface area contributed by atoms with Crippen LogP contribution in [0, 0.1) is 0 Å². The van der Waals surface area contributed by atoms with Crippen molar-refractivity contribution in [3.05, 3.63) is 23.3 Å². The van der Waals surface area contributed by atoms with Gasteiger partial charge in [0.15, 0.2) is 0 Å². The Morgan fingerprint density at radius 1 is 1.19 bits per heavy atom. The Balaban J connectivity index is 2.49. The summed E-state index contributed by atoms with van der Waals surface area (Å²) >= 11 is 0. The fraction of sp³-hybridized carbons (Fsp3) is 0.625. The molecule has 0 atom stereocenters. The molecule has 0 aromatic heterocycles. The largest absolute Gasteiger partial charge is 0.398 e. The third-order valence-electron chi connectivity index (χ3n) is 4.56. The van der Waals surface area contributed by atoms with Gasteiger partial charge in [0.25, 0.3) is 0 Å². The number of anilines is 1. The average Bonchev–Trinajstić information content (AvgIpc) is 2.99.